The van der Waals surface area contributed by atoms with Crippen molar-refractivity contribution in [3.05, 3.63) is 0 Å². The fourth-order valence-electron chi connectivity index (χ4n) is 3.30. The maximum absolute atomic E-state index is 13.9. The van der Waals surface area contributed by atoms with Gasteiger partial charge in [-0.15, -0.1) is 0 Å². The van der Waals surface area contributed by atoms with Gasteiger partial charge in [-0.3, -0.25) is 0 Å². The minimum absolute atomic E-state index is 0.388. The molecule has 32 heavy (non-hydrogen) atoms. The number of halogens is 12. The van der Waals surface area contributed by atoms with E-state index >= 15 is 0 Å². The zero-order valence-electron chi connectivity index (χ0n) is 16.7. The molecule has 192 valence electrons. The summed E-state index contributed by atoms with van der Waals surface area (Å²) in [5.41, 5.74) is -18.0. The molecule has 2 fully saturated rings. The van der Waals surface area contributed by atoms with Gasteiger partial charge >= 0.3 is 176 Å². The molecule has 4 nitrogen and oxygen atoms in total. The van der Waals surface area contributed by atoms with E-state index in [1.807, 2.05) is 0 Å². The average molecular weight is 540 g/mol. The van der Waals surface area contributed by atoms with Crippen molar-refractivity contribution in [2.75, 3.05) is 5.75 Å². The monoisotopic (exact) mass is 540 g/mol. The molecule has 0 atom stereocenters. The Bertz CT molecular complexity index is 682. The van der Waals surface area contributed by atoms with Crippen molar-refractivity contribution < 1.29 is 70.8 Å². The van der Waals surface area contributed by atoms with Crippen molar-refractivity contribution in [2.45, 2.75) is 81.7 Å². The Morgan fingerprint density at radius 2 is 0.812 bits per heavy atom. The number of alkyl halides is 12. The molecule has 0 N–H and O–H groups in total. The fourth-order valence-corrected chi connectivity index (χ4v) is 11.3. The van der Waals surface area contributed by atoms with E-state index in [0.717, 1.165) is 34.6 Å². The molecule has 2 aliphatic heterocycles. The Kier molecular flexibility index (Phi) is 5.88. The summed E-state index contributed by atoms with van der Waals surface area (Å²) in [5.74, 6) is -0.693. The summed E-state index contributed by atoms with van der Waals surface area (Å²) >= 11 is -0.388. The van der Waals surface area contributed by atoms with Crippen LogP contribution < -0.4 is 0 Å². The van der Waals surface area contributed by atoms with E-state index in [0.29, 0.717) is 0 Å². The molecule has 0 saturated carbocycles. The summed E-state index contributed by atoms with van der Waals surface area (Å²) in [6.45, 7) is -2.08. The molecule has 2 heterocycles. The minimum atomic E-state index is -7.34. The molecule has 0 unspecified atom stereocenters. The molecule has 0 aromatic carbocycles. The van der Waals surface area contributed by atoms with Gasteiger partial charge in [-0.1, -0.05) is 0 Å². The van der Waals surface area contributed by atoms with Crippen molar-refractivity contribution in [2.24, 2.45) is 0 Å². The van der Waals surface area contributed by atoms with E-state index in [9.17, 15) is 52.7 Å². The van der Waals surface area contributed by atoms with Gasteiger partial charge in [-0.05, 0) is 0 Å². The third-order valence-electron chi connectivity index (χ3n) is 5.21. The van der Waals surface area contributed by atoms with Gasteiger partial charge in [0.15, 0.2) is 0 Å². The molecule has 0 amide bonds. The molecule has 2 saturated heterocycles. The zero-order valence-corrected chi connectivity index (χ0v) is 18.4. The maximum atomic E-state index is 13.9. The van der Waals surface area contributed by atoms with Crippen LogP contribution in [0.15, 0.2) is 0 Å². The van der Waals surface area contributed by atoms with Gasteiger partial charge in [0.2, 0.25) is 0 Å². The van der Waals surface area contributed by atoms with Crippen LogP contribution >= 0.6 is 18.1 Å². The Balaban J connectivity index is 3.15. The first-order chi connectivity index (χ1) is 13.7. The van der Waals surface area contributed by atoms with Crippen molar-refractivity contribution in [3.8, 4) is 0 Å². The number of hydrogen-bond acceptors (Lipinski definition) is 5. The normalized spacial score (nSPS) is 29.6. The predicted molar refractivity (Wildman–Crippen MR) is 87.2 cm³/mol. The van der Waals surface area contributed by atoms with Crippen LogP contribution in [0.5, 0.6) is 0 Å². The van der Waals surface area contributed by atoms with Crippen molar-refractivity contribution >= 4 is 18.1 Å². The third kappa shape index (κ3) is 3.28. The summed E-state index contributed by atoms with van der Waals surface area (Å²) in [6.07, 6.45) is -29.4. The zero-order chi connectivity index (χ0) is 25.7. The van der Waals surface area contributed by atoms with Gasteiger partial charge in [0.25, 0.3) is 0 Å². The molecule has 0 aromatic heterocycles. The van der Waals surface area contributed by atoms with Crippen LogP contribution in [0.25, 0.3) is 0 Å². The average Bonchev–Trinajstić information content (AvgIpc) is 2.82. The SMILES string of the molecule is CCSP12(OC(C)(C)C(C)(C)O1)OC(C(F)(F)F)(C(F)(F)F)C(C(F)(F)F)(C(F)(F)F)O2. The van der Waals surface area contributed by atoms with Crippen LogP contribution in [0.3, 0.4) is 0 Å². The third-order valence-corrected chi connectivity index (χ3v) is 11.5. The topological polar surface area (TPSA) is 36.9 Å². The van der Waals surface area contributed by atoms with E-state index in [2.05, 4.69) is 9.05 Å². The molecule has 0 aliphatic carbocycles. The van der Waals surface area contributed by atoms with Gasteiger partial charge in [0, 0.05) is 0 Å². The summed E-state index contributed by atoms with van der Waals surface area (Å²) in [4.78, 5) is 0. The van der Waals surface area contributed by atoms with E-state index < -0.39 is 59.6 Å². The molecular weight excluding hydrogens is 523 g/mol. The van der Waals surface area contributed by atoms with E-state index in [1.54, 1.807) is 0 Å². The number of hydrogen-bond donors (Lipinski definition) is 0. The van der Waals surface area contributed by atoms with Crippen LogP contribution in [0.4, 0.5) is 52.7 Å². The van der Waals surface area contributed by atoms with Gasteiger partial charge in [-0.2, -0.15) is 0 Å². The summed E-state index contributed by atoms with van der Waals surface area (Å²) in [7, 11) is 0. The van der Waals surface area contributed by atoms with Crippen LogP contribution in [0.1, 0.15) is 34.6 Å². The Morgan fingerprint density at radius 3 is 1.00 bits per heavy atom. The van der Waals surface area contributed by atoms with Crippen molar-refractivity contribution in [3.63, 3.8) is 0 Å². The summed E-state index contributed by atoms with van der Waals surface area (Å²) < 4.78 is 184. The van der Waals surface area contributed by atoms with Crippen LogP contribution in [-0.2, 0) is 18.1 Å². The first-order valence-electron chi connectivity index (χ1n) is 8.49. The molecule has 18 heteroatoms. The molecule has 0 aromatic rings. The Labute approximate surface area is 177 Å². The Morgan fingerprint density at radius 1 is 0.562 bits per heavy atom. The van der Waals surface area contributed by atoms with E-state index in [4.69, 9.17) is 9.05 Å². The Hall–Kier alpha value is -0.220. The number of rotatable bonds is 2. The molecule has 0 radical (unpaired) electrons. The van der Waals surface area contributed by atoms with Crippen LogP contribution in [0.2, 0.25) is 0 Å². The summed E-state index contributed by atoms with van der Waals surface area (Å²) in [5, 5.41) is 0. The molecule has 2 rings (SSSR count). The second-order valence-electron chi connectivity index (χ2n) is 7.90. The molecular formula is C14H17F12O4PS. The van der Waals surface area contributed by atoms with Gasteiger partial charge in [0.05, 0.1) is 0 Å². The standard InChI is InChI=1S/C14H17F12O4PS/c1-6-32-31(27-7(2,3)8(4,5)28-31)29-9(11(15,16)17,12(18,19)20)10(30-31,13(21,22)23)14(24,25)26/h6H2,1-5H3. The first-order valence-corrected chi connectivity index (χ1v) is 12.0. The summed E-state index contributed by atoms with van der Waals surface area (Å²) in [6, 6.07) is 0. The van der Waals surface area contributed by atoms with E-state index in [-0.39, 0.29) is 11.4 Å². The molecule has 1 spiro atoms. The fraction of sp³-hybridized carbons (Fsp3) is 1.00. The van der Waals surface area contributed by atoms with Crippen LogP contribution in [-0.4, -0.2) is 52.9 Å². The molecule has 2 aliphatic rings. The second-order valence-corrected chi connectivity index (χ2v) is 13.5. The first kappa shape index (κ1) is 28.0. The van der Waals surface area contributed by atoms with Crippen LogP contribution in [0, 0.1) is 0 Å². The van der Waals surface area contributed by atoms with Crippen molar-refractivity contribution in [1.82, 2.24) is 0 Å². The molecule has 0 bridgehead atoms. The van der Waals surface area contributed by atoms with E-state index in [1.165, 1.54) is 0 Å². The predicted octanol–water partition coefficient (Wildman–Crippen LogP) is 7.25. The van der Waals surface area contributed by atoms with Gasteiger partial charge in [-0.25, -0.2) is 0 Å². The quantitative estimate of drug-likeness (QED) is 0.273. The van der Waals surface area contributed by atoms with Gasteiger partial charge in [0.1, 0.15) is 0 Å². The van der Waals surface area contributed by atoms with Gasteiger partial charge < -0.3 is 0 Å². The second kappa shape index (κ2) is 6.71. The van der Waals surface area contributed by atoms with Crippen molar-refractivity contribution in [1.29, 1.82) is 0 Å².